The van der Waals surface area contributed by atoms with E-state index in [2.05, 4.69) is 17.2 Å². The van der Waals surface area contributed by atoms with Crippen LogP contribution in [0.1, 0.15) is 33.1 Å². The Kier molecular flexibility index (Phi) is 6.67. The first-order valence-corrected chi connectivity index (χ1v) is 8.02. The number of carbonyl (C=O) groups is 1. The zero-order valence-electron chi connectivity index (χ0n) is 10.9. The number of primary amides is 1. The predicted molar refractivity (Wildman–Crippen MR) is 78.0 cm³/mol. The van der Waals surface area contributed by atoms with Gasteiger partial charge in [0.15, 0.2) is 0 Å². The SMILES string of the molecule is CCCNC(C)(CCCSc1nccs1)C(N)=O. The lowest BCUT2D eigenvalue weighted by atomic mass is 9.95. The third kappa shape index (κ3) is 4.96. The fraction of sp³-hybridized carbons (Fsp3) is 0.667. The molecule has 0 aliphatic rings. The number of rotatable bonds is 9. The largest absolute Gasteiger partial charge is 0.368 e. The second-order valence-corrected chi connectivity index (χ2v) is 6.61. The van der Waals surface area contributed by atoms with E-state index in [-0.39, 0.29) is 5.91 Å². The number of nitrogens with zero attached hydrogens (tertiary/aromatic N) is 1. The molecule has 3 N–H and O–H groups in total. The molecule has 6 heteroatoms. The van der Waals surface area contributed by atoms with E-state index >= 15 is 0 Å². The van der Waals surface area contributed by atoms with Gasteiger partial charge in [0.05, 0.1) is 5.54 Å². The van der Waals surface area contributed by atoms with Gasteiger partial charge in [-0.15, -0.1) is 11.3 Å². The van der Waals surface area contributed by atoms with E-state index in [0.29, 0.717) is 0 Å². The van der Waals surface area contributed by atoms with Crippen LogP contribution in [-0.4, -0.2) is 28.7 Å². The predicted octanol–water partition coefficient (Wildman–Crippen LogP) is 2.26. The quantitative estimate of drug-likeness (QED) is 0.540. The van der Waals surface area contributed by atoms with E-state index < -0.39 is 5.54 Å². The summed E-state index contributed by atoms with van der Waals surface area (Å²) in [5.41, 5.74) is 4.89. The summed E-state index contributed by atoms with van der Waals surface area (Å²) >= 11 is 3.38. The molecule has 1 aromatic heterocycles. The molecule has 1 heterocycles. The molecule has 1 rings (SSSR count). The maximum Gasteiger partial charge on any atom is 0.237 e. The number of hydrogen-bond acceptors (Lipinski definition) is 5. The Morgan fingerprint density at radius 1 is 1.67 bits per heavy atom. The summed E-state index contributed by atoms with van der Waals surface area (Å²) in [5.74, 6) is 0.694. The Morgan fingerprint density at radius 2 is 2.44 bits per heavy atom. The van der Waals surface area contributed by atoms with Gasteiger partial charge in [0, 0.05) is 17.3 Å². The Bertz CT molecular complexity index is 356. The average Bonchev–Trinajstić information content (AvgIpc) is 2.85. The normalized spacial score (nSPS) is 14.3. The molecule has 0 saturated carbocycles. The van der Waals surface area contributed by atoms with Crippen LogP contribution in [0.2, 0.25) is 0 Å². The van der Waals surface area contributed by atoms with Gasteiger partial charge >= 0.3 is 0 Å². The van der Waals surface area contributed by atoms with Gasteiger partial charge in [-0.2, -0.15) is 0 Å². The van der Waals surface area contributed by atoms with Gasteiger partial charge in [-0.05, 0) is 32.7 Å². The van der Waals surface area contributed by atoms with E-state index in [4.69, 9.17) is 5.73 Å². The number of thioether (sulfide) groups is 1. The highest BCUT2D eigenvalue weighted by Crippen LogP contribution is 2.23. The van der Waals surface area contributed by atoms with Crippen LogP contribution in [0, 0.1) is 0 Å². The van der Waals surface area contributed by atoms with Crippen molar-refractivity contribution in [1.29, 1.82) is 0 Å². The van der Waals surface area contributed by atoms with E-state index in [9.17, 15) is 4.79 Å². The summed E-state index contributed by atoms with van der Waals surface area (Å²) in [5, 5.41) is 5.21. The summed E-state index contributed by atoms with van der Waals surface area (Å²) in [6.45, 7) is 4.78. The zero-order valence-corrected chi connectivity index (χ0v) is 12.6. The maximum atomic E-state index is 11.5. The van der Waals surface area contributed by atoms with Crippen molar-refractivity contribution in [2.24, 2.45) is 5.73 Å². The van der Waals surface area contributed by atoms with Gasteiger partial charge in [-0.25, -0.2) is 4.98 Å². The van der Waals surface area contributed by atoms with Crippen molar-refractivity contribution in [2.75, 3.05) is 12.3 Å². The van der Waals surface area contributed by atoms with Crippen LogP contribution in [0.25, 0.3) is 0 Å². The van der Waals surface area contributed by atoms with Gasteiger partial charge in [0.25, 0.3) is 0 Å². The van der Waals surface area contributed by atoms with Crippen molar-refractivity contribution >= 4 is 29.0 Å². The minimum absolute atomic E-state index is 0.268. The summed E-state index contributed by atoms with van der Waals surface area (Å²) in [6.07, 6.45) is 4.52. The topological polar surface area (TPSA) is 68.0 Å². The van der Waals surface area contributed by atoms with Crippen LogP contribution in [0.5, 0.6) is 0 Å². The Hall–Kier alpha value is -0.590. The molecule has 4 nitrogen and oxygen atoms in total. The maximum absolute atomic E-state index is 11.5. The summed E-state index contributed by atoms with van der Waals surface area (Å²) in [7, 11) is 0. The van der Waals surface area contributed by atoms with Crippen molar-refractivity contribution in [3.8, 4) is 0 Å². The van der Waals surface area contributed by atoms with Crippen molar-refractivity contribution in [3.63, 3.8) is 0 Å². The number of nitrogens with two attached hydrogens (primary N) is 1. The van der Waals surface area contributed by atoms with Crippen LogP contribution in [0.4, 0.5) is 0 Å². The first-order chi connectivity index (χ1) is 8.58. The molecule has 0 saturated heterocycles. The summed E-state index contributed by atoms with van der Waals surface area (Å²) in [4.78, 5) is 15.7. The Morgan fingerprint density at radius 3 is 3.00 bits per heavy atom. The number of thiazole rings is 1. The molecule has 102 valence electrons. The number of nitrogens with one attached hydrogen (secondary N) is 1. The molecule has 0 radical (unpaired) electrons. The van der Waals surface area contributed by atoms with Gasteiger partial charge < -0.3 is 11.1 Å². The van der Waals surface area contributed by atoms with E-state index in [1.54, 1.807) is 23.1 Å². The third-order valence-electron chi connectivity index (χ3n) is 2.77. The second-order valence-electron chi connectivity index (χ2n) is 4.37. The first-order valence-electron chi connectivity index (χ1n) is 6.15. The third-order valence-corrected chi connectivity index (χ3v) is 4.82. The summed E-state index contributed by atoms with van der Waals surface area (Å²) in [6, 6.07) is 0. The lowest BCUT2D eigenvalue weighted by molar-refractivity contribution is -0.124. The molecule has 0 aliphatic heterocycles. The lowest BCUT2D eigenvalue weighted by Crippen LogP contribution is -2.53. The van der Waals surface area contributed by atoms with Gasteiger partial charge in [0.1, 0.15) is 4.34 Å². The highest BCUT2D eigenvalue weighted by Gasteiger charge is 2.29. The minimum atomic E-state index is -0.584. The number of hydrogen-bond donors (Lipinski definition) is 2. The Balaban J connectivity index is 2.31. The molecule has 18 heavy (non-hydrogen) atoms. The van der Waals surface area contributed by atoms with Gasteiger partial charge in [0.2, 0.25) is 5.91 Å². The fourth-order valence-electron chi connectivity index (χ4n) is 1.57. The van der Waals surface area contributed by atoms with E-state index in [0.717, 1.165) is 35.9 Å². The smallest absolute Gasteiger partial charge is 0.237 e. The molecular weight excluding hydrogens is 266 g/mol. The highest BCUT2D eigenvalue weighted by molar-refractivity contribution is 8.00. The molecule has 0 bridgehead atoms. The van der Waals surface area contributed by atoms with Gasteiger partial charge in [-0.3, -0.25) is 4.79 Å². The van der Waals surface area contributed by atoms with E-state index in [1.165, 1.54) is 0 Å². The van der Waals surface area contributed by atoms with Crippen LogP contribution >= 0.6 is 23.1 Å². The minimum Gasteiger partial charge on any atom is -0.368 e. The standard InChI is InChI=1S/C12H21N3OS2/c1-3-6-15-12(2,10(13)16)5-4-8-17-11-14-7-9-18-11/h7,9,15H,3-6,8H2,1-2H3,(H2,13,16). The van der Waals surface area contributed by atoms with Crippen molar-refractivity contribution in [2.45, 2.75) is 43.0 Å². The monoisotopic (exact) mass is 287 g/mol. The van der Waals surface area contributed by atoms with Crippen LogP contribution < -0.4 is 11.1 Å². The van der Waals surface area contributed by atoms with Crippen molar-refractivity contribution < 1.29 is 4.79 Å². The fourth-order valence-corrected chi connectivity index (χ4v) is 3.21. The van der Waals surface area contributed by atoms with Crippen LogP contribution in [0.15, 0.2) is 15.9 Å². The van der Waals surface area contributed by atoms with E-state index in [1.807, 2.05) is 18.5 Å². The average molecular weight is 287 g/mol. The first kappa shape index (κ1) is 15.5. The molecule has 0 spiro atoms. The number of carbonyl (C=O) groups excluding carboxylic acids is 1. The molecule has 1 unspecified atom stereocenters. The molecule has 0 aromatic carbocycles. The van der Waals surface area contributed by atoms with Crippen LogP contribution in [0.3, 0.4) is 0 Å². The molecule has 1 atom stereocenters. The van der Waals surface area contributed by atoms with Gasteiger partial charge in [-0.1, -0.05) is 18.7 Å². The van der Waals surface area contributed by atoms with Crippen LogP contribution in [-0.2, 0) is 4.79 Å². The van der Waals surface area contributed by atoms with Crippen molar-refractivity contribution in [1.82, 2.24) is 10.3 Å². The number of amides is 1. The molecule has 1 aromatic rings. The molecule has 0 aliphatic carbocycles. The molecule has 1 amide bonds. The lowest BCUT2D eigenvalue weighted by Gasteiger charge is -2.27. The second kappa shape index (κ2) is 7.76. The van der Waals surface area contributed by atoms with Crippen molar-refractivity contribution in [3.05, 3.63) is 11.6 Å². The Labute approximate surface area is 117 Å². The summed E-state index contributed by atoms with van der Waals surface area (Å²) < 4.78 is 1.08. The highest BCUT2D eigenvalue weighted by atomic mass is 32.2. The zero-order chi connectivity index (χ0) is 13.4. The number of aromatic nitrogens is 1. The molecular formula is C12H21N3OS2. The molecule has 0 fully saturated rings.